The topological polar surface area (TPSA) is 116 Å². The number of anilines is 1. The number of esters is 1. The number of primary sulfonamides is 1. The van der Waals surface area contributed by atoms with Gasteiger partial charge in [-0.15, -0.1) is 0 Å². The predicted molar refractivity (Wildman–Crippen MR) is 97.5 cm³/mol. The number of carbonyl (C=O) groups excluding carboxylic acids is 2. The summed E-state index contributed by atoms with van der Waals surface area (Å²) in [6, 6.07) is 10.6. The van der Waals surface area contributed by atoms with E-state index in [2.05, 4.69) is 5.32 Å². The molecule has 0 bridgehead atoms. The second kappa shape index (κ2) is 7.86. The first-order valence-corrected chi connectivity index (χ1v) is 9.41. The minimum absolute atomic E-state index is 0.0892. The molecule has 2 aromatic rings. The molecule has 0 heterocycles. The van der Waals surface area contributed by atoms with Crippen molar-refractivity contribution in [2.24, 2.45) is 5.14 Å². The van der Waals surface area contributed by atoms with Crippen LogP contribution in [0.1, 0.15) is 22.8 Å². The fraction of sp³-hybridized carbons (Fsp3) is 0.176. The lowest BCUT2D eigenvalue weighted by molar-refractivity contribution is -0.123. The van der Waals surface area contributed by atoms with E-state index >= 15 is 0 Å². The third-order valence-electron chi connectivity index (χ3n) is 3.41. The molecule has 138 valence electrons. The van der Waals surface area contributed by atoms with Crippen molar-refractivity contribution in [3.8, 4) is 0 Å². The molecule has 0 saturated carbocycles. The van der Waals surface area contributed by atoms with Crippen LogP contribution in [0.2, 0.25) is 5.02 Å². The van der Waals surface area contributed by atoms with Crippen LogP contribution in [-0.2, 0) is 19.6 Å². The van der Waals surface area contributed by atoms with Gasteiger partial charge >= 0.3 is 5.97 Å². The lowest BCUT2D eigenvalue weighted by atomic mass is 10.2. The summed E-state index contributed by atoms with van der Waals surface area (Å²) in [5, 5.41) is 7.56. The summed E-state index contributed by atoms with van der Waals surface area (Å²) < 4.78 is 28.0. The van der Waals surface area contributed by atoms with Gasteiger partial charge in [-0.1, -0.05) is 23.7 Å². The van der Waals surface area contributed by atoms with Gasteiger partial charge in [0.05, 0.1) is 10.6 Å². The molecule has 26 heavy (non-hydrogen) atoms. The predicted octanol–water partition coefficient (Wildman–Crippen LogP) is 2.48. The van der Waals surface area contributed by atoms with Crippen LogP contribution in [0.25, 0.3) is 0 Å². The Kier molecular flexibility index (Phi) is 6.01. The van der Waals surface area contributed by atoms with Gasteiger partial charge in [-0.05, 0) is 49.7 Å². The summed E-state index contributed by atoms with van der Waals surface area (Å²) in [7, 11) is -4.10. The van der Waals surface area contributed by atoms with Crippen LogP contribution in [0.15, 0.2) is 47.4 Å². The SMILES string of the molecule is Cc1cccc(NC(=O)[C@H](C)OC(=O)c2ccc(Cl)c(S(N)(=O)=O)c2)c1. The molecule has 0 aliphatic carbocycles. The second-order valence-corrected chi connectivity index (χ2v) is 7.53. The molecule has 7 nitrogen and oxygen atoms in total. The molecule has 0 aromatic heterocycles. The largest absolute Gasteiger partial charge is 0.449 e. The number of hydrogen-bond donors (Lipinski definition) is 2. The smallest absolute Gasteiger partial charge is 0.338 e. The van der Waals surface area contributed by atoms with Crippen molar-refractivity contribution in [2.45, 2.75) is 24.8 Å². The van der Waals surface area contributed by atoms with Crippen molar-refractivity contribution >= 4 is 39.2 Å². The molecule has 0 fully saturated rings. The molecule has 2 aromatic carbocycles. The number of nitrogens with one attached hydrogen (secondary N) is 1. The highest BCUT2D eigenvalue weighted by atomic mass is 35.5. The summed E-state index contributed by atoms with van der Waals surface area (Å²) in [5.74, 6) is -1.40. The van der Waals surface area contributed by atoms with Gasteiger partial charge in [0, 0.05) is 5.69 Å². The monoisotopic (exact) mass is 396 g/mol. The molecule has 3 N–H and O–H groups in total. The van der Waals surface area contributed by atoms with E-state index in [-0.39, 0.29) is 10.6 Å². The van der Waals surface area contributed by atoms with E-state index in [0.29, 0.717) is 5.69 Å². The summed E-state index contributed by atoms with van der Waals surface area (Å²) in [5.41, 5.74) is 1.44. The first kappa shape index (κ1) is 19.9. The summed E-state index contributed by atoms with van der Waals surface area (Å²) in [6.07, 6.45) is -1.10. The molecule has 9 heteroatoms. The highest BCUT2D eigenvalue weighted by Gasteiger charge is 2.21. The molecule has 0 aliphatic rings. The maximum Gasteiger partial charge on any atom is 0.338 e. The number of aryl methyl sites for hydroxylation is 1. The highest BCUT2D eigenvalue weighted by Crippen LogP contribution is 2.22. The zero-order valence-corrected chi connectivity index (χ0v) is 15.6. The first-order chi connectivity index (χ1) is 12.1. The van der Waals surface area contributed by atoms with Crippen molar-refractivity contribution in [1.82, 2.24) is 0 Å². The Morgan fingerprint density at radius 2 is 1.88 bits per heavy atom. The van der Waals surface area contributed by atoms with E-state index in [9.17, 15) is 18.0 Å². The van der Waals surface area contributed by atoms with Gasteiger partial charge in [-0.25, -0.2) is 18.4 Å². The van der Waals surface area contributed by atoms with E-state index in [1.807, 2.05) is 13.0 Å². The fourth-order valence-corrected chi connectivity index (χ4v) is 3.17. The quantitative estimate of drug-likeness (QED) is 0.753. The van der Waals surface area contributed by atoms with E-state index in [0.717, 1.165) is 11.6 Å². The fourth-order valence-electron chi connectivity index (χ4n) is 2.10. The Hall–Kier alpha value is -2.42. The van der Waals surface area contributed by atoms with Gasteiger partial charge in [0.2, 0.25) is 10.0 Å². The number of benzene rings is 2. The van der Waals surface area contributed by atoms with Crippen molar-refractivity contribution in [3.05, 3.63) is 58.6 Å². The third-order valence-corrected chi connectivity index (χ3v) is 4.80. The molecule has 1 atom stereocenters. The van der Waals surface area contributed by atoms with Gasteiger partial charge < -0.3 is 10.1 Å². The zero-order chi connectivity index (χ0) is 19.5. The molecule has 0 aliphatic heterocycles. The van der Waals surface area contributed by atoms with Crippen LogP contribution in [0, 0.1) is 6.92 Å². The number of rotatable bonds is 5. The minimum Gasteiger partial charge on any atom is -0.449 e. The molecular formula is C17H17ClN2O5S. The number of nitrogens with two attached hydrogens (primary N) is 1. The third kappa shape index (κ3) is 5.04. The number of hydrogen-bond acceptors (Lipinski definition) is 5. The van der Waals surface area contributed by atoms with Crippen LogP contribution >= 0.6 is 11.6 Å². The normalized spacial score (nSPS) is 12.3. The van der Waals surface area contributed by atoms with Crippen molar-refractivity contribution in [1.29, 1.82) is 0 Å². The average molecular weight is 397 g/mol. The Morgan fingerprint density at radius 3 is 2.50 bits per heavy atom. The van der Waals surface area contributed by atoms with Gasteiger partial charge in [-0.3, -0.25) is 4.79 Å². The number of carbonyl (C=O) groups is 2. The number of ether oxygens (including phenoxy) is 1. The Balaban J connectivity index is 2.10. The summed E-state index contributed by atoms with van der Waals surface area (Å²) in [4.78, 5) is 23.9. The van der Waals surface area contributed by atoms with Gasteiger partial charge in [0.25, 0.3) is 5.91 Å². The van der Waals surface area contributed by atoms with Gasteiger partial charge in [-0.2, -0.15) is 0 Å². The summed E-state index contributed by atoms with van der Waals surface area (Å²) >= 11 is 5.77. The Bertz CT molecular complexity index is 959. The van der Waals surface area contributed by atoms with Gasteiger partial charge in [0.15, 0.2) is 6.10 Å². The van der Waals surface area contributed by atoms with E-state index in [4.69, 9.17) is 21.5 Å². The number of halogens is 1. The van der Waals surface area contributed by atoms with E-state index in [1.54, 1.807) is 18.2 Å². The van der Waals surface area contributed by atoms with E-state index < -0.39 is 32.9 Å². The molecule has 0 saturated heterocycles. The molecule has 1 amide bonds. The zero-order valence-electron chi connectivity index (χ0n) is 14.0. The molecular weight excluding hydrogens is 380 g/mol. The second-order valence-electron chi connectivity index (χ2n) is 5.60. The summed E-state index contributed by atoms with van der Waals surface area (Å²) in [6.45, 7) is 3.28. The lowest BCUT2D eigenvalue weighted by Gasteiger charge is -2.14. The van der Waals surface area contributed by atoms with Crippen LogP contribution in [0.4, 0.5) is 5.69 Å². The Morgan fingerprint density at radius 1 is 1.19 bits per heavy atom. The van der Waals surface area contributed by atoms with Crippen molar-refractivity contribution in [3.63, 3.8) is 0 Å². The minimum atomic E-state index is -4.10. The standard InChI is InChI=1S/C17H17ClN2O5S/c1-10-4-3-5-13(8-10)20-16(21)11(2)25-17(22)12-6-7-14(18)15(9-12)26(19,23)24/h3-9,11H,1-2H3,(H,20,21)(H2,19,23,24)/t11-/m0/s1. The average Bonchev–Trinajstić information content (AvgIpc) is 2.54. The van der Waals surface area contributed by atoms with Crippen molar-refractivity contribution < 1.29 is 22.7 Å². The highest BCUT2D eigenvalue weighted by molar-refractivity contribution is 7.89. The molecule has 2 rings (SSSR count). The maximum absolute atomic E-state index is 12.2. The van der Waals surface area contributed by atoms with Crippen LogP contribution in [0.5, 0.6) is 0 Å². The maximum atomic E-state index is 12.2. The number of amides is 1. The van der Waals surface area contributed by atoms with Crippen LogP contribution in [0.3, 0.4) is 0 Å². The molecule has 0 spiro atoms. The van der Waals surface area contributed by atoms with Crippen LogP contribution < -0.4 is 10.5 Å². The molecule has 0 unspecified atom stereocenters. The van der Waals surface area contributed by atoms with Crippen LogP contribution in [-0.4, -0.2) is 26.4 Å². The van der Waals surface area contributed by atoms with Crippen molar-refractivity contribution in [2.75, 3.05) is 5.32 Å². The van der Waals surface area contributed by atoms with Gasteiger partial charge in [0.1, 0.15) is 4.90 Å². The first-order valence-electron chi connectivity index (χ1n) is 7.49. The van der Waals surface area contributed by atoms with E-state index in [1.165, 1.54) is 19.1 Å². The molecule has 0 radical (unpaired) electrons. The number of sulfonamides is 1. The Labute approximate surface area is 156 Å². The lowest BCUT2D eigenvalue weighted by Crippen LogP contribution is -2.30.